The van der Waals surface area contributed by atoms with Crippen LogP contribution in [0.25, 0.3) is 0 Å². The first kappa shape index (κ1) is 15.8. The largest absolute Gasteiger partial charge is 0.467 e. The van der Waals surface area contributed by atoms with E-state index in [-0.39, 0.29) is 0 Å². The zero-order valence-corrected chi connectivity index (χ0v) is 13.4. The Kier molecular flexibility index (Phi) is 5.20. The molecule has 2 aromatic carbocycles. The minimum absolute atomic E-state index is 0.392. The normalized spacial score (nSPS) is 11.8. The van der Waals surface area contributed by atoms with Gasteiger partial charge in [0.1, 0.15) is 5.82 Å². The third kappa shape index (κ3) is 3.95. The molecule has 0 spiro atoms. The third-order valence-corrected chi connectivity index (χ3v) is 3.77. The average molecular weight is 373 g/mol. The first-order valence-corrected chi connectivity index (χ1v) is 7.23. The van der Waals surface area contributed by atoms with E-state index >= 15 is 0 Å². The van der Waals surface area contributed by atoms with E-state index in [4.69, 9.17) is 16.3 Å². The minimum Gasteiger partial charge on any atom is -0.467 e. The molecule has 6 heteroatoms. The van der Waals surface area contributed by atoms with E-state index in [9.17, 15) is 9.18 Å². The Hall–Kier alpha value is -1.59. The summed E-state index contributed by atoms with van der Waals surface area (Å²) >= 11 is 9.18. The van der Waals surface area contributed by atoms with Crippen molar-refractivity contribution in [3.8, 4) is 0 Å². The molecule has 0 saturated carbocycles. The van der Waals surface area contributed by atoms with Crippen LogP contribution in [0, 0.1) is 5.82 Å². The molecule has 21 heavy (non-hydrogen) atoms. The molecular weight excluding hydrogens is 361 g/mol. The van der Waals surface area contributed by atoms with Gasteiger partial charge in [-0.3, -0.25) is 0 Å². The number of methoxy groups -OCH3 is 1. The van der Waals surface area contributed by atoms with Crippen LogP contribution in [0.5, 0.6) is 0 Å². The topological polar surface area (TPSA) is 38.3 Å². The summed E-state index contributed by atoms with van der Waals surface area (Å²) in [5, 5.41) is 3.58. The van der Waals surface area contributed by atoms with Gasteiger partial charge in [0.05, 0.1) is 7.11 Å². The summed E-state index contributed by atoms with van der Waals surface area (Å²) in [7, 11) is 1.30. The zero-order chi connectivity index (χ0) is 15.4. The van der Waals surface area contributed by atoms with Crippen LogP contribution in [0.3, 0.4) is 0 Å². The summed E-state index contributed by atoms with van der Waals surface area (Å²) in [6.45, 7) is 0. The molecule has 110 valence electrons. The molecule has 2 rings (SSSR count). The van der Waals surface area contributed by atoms with Crippen LogP contribution in [0.4, 0.5) is 10.1 Å². The number of benzene rings is 2. The number of hydrogen-bond donors (Lipinski definition) is 1. The molecule has 0 aliphatic rings. The number of ether oxygens (including phenoxy) is 1. The molecule has 0 radical (unpaired) electrons. The van der Waals surface area contributed by atoms with Crippen molar-refractivity contribution in [3.63, 3.8) is 0 Å². The fraction of sp³-hybridized carbons (Fsp3) is 0.133. The minimum atomic E-state index is -0.775. The predicted octanol–water partition coefficient (Wildman–Crippen LogP) is 4.57. The number of nitrogens with one attached hydrogen (secondary N) is 1. The van der Waals surface area contributed by atoms with Gasteiger partial charge in [-0.2, -0.15) is 0 Å². The van der Waals surface area contributed by atoms with E-state index in [1.54, 1.807) is 24.3 Å². The Morgan fingerprint density at radius 3 is 2.71 bits per heavy atom. The Labute approximate surface area is 135 Å². The Balaban J connectivity index is 2.37. The highest BCUT2D eigenvalue weighted by atomic mass is 79.9. The van der Waals surface area contributed by atoms with E-state index < -0.39 is 17.8 Å². The van der Waals surface area contributed by atoms with Crippen molar-refractivity contribution >= 4 is 39.2 Å². The van der Waals surface area contributed by atoms with E-state index in [1.165, 1.54) is 25.3 Å². The number of anilines is 1. The summed E-state index contributed by atoms with van der Waals surface area (Å²) in [6, 6.07) is 10.3. The molecule has 1 N–H and O–H groups in total. The maximum Gasteiger partial charge on any atom is 0.333 e. The average Bonchev–Trinajstić information content (AvgIpc) is 2.45. The first-order valence-electron chi connectivity index (χ1n) is 6.06. The molecule has 1 atom stereocenters. The van der Waals surface area contributed by atoms with Gasteiger partial charge in [0.25, 0.3) is 0 Å². The number of carbonyl (C=O) groups excluding carboxylic acids is 1. The molecule has 1 unspecified atom stereocenters. The number of carbonyl (C=O) groups is 1. The first-order chi connectivity index (χ1) is 10.0. The third-order valence-electron chi connectivity index (χ3n) is 2.85. The predicted molar refractivity (Wildman–Crippen MR) is 83.9 cm³/mol. The van der Waals surface area contributed by atoms with Crippen LogP contribution < -0.4 is 5.32 Å². The molecule has 0 saturated heterocycles. The Morgan fingerprint density at radius 2 is 2.10 bits per heavy atom. The molecule has 0 aliphatic heterocycles. The van der Waals surface area contributed by atoms with Crippen LogP contribution in [-0.4, -0.2) is 13.1 Å². The molecule has 0 aromatic heterocycles. The van der Waals surface area contributed by atoms with Gasteiger partial charge in [-0.05, 0) is 35.9 Å². The molecule has 3 nitrogen and oxygen atoms in total. The molecule has 0 bridgehead atoms. The van der Waals surface area contributed by atoms with E-state index in [0.717, 1.165) is 0 Å². The molecule has 0 heterocycles. The SMILES string of the molecule is COC(=O)C(Nc1cccc(Cl)c1)c1ccc(F)cc1Br. The molecule has 0 fully saturated rings. The lowest BCUT2D eigenvalue weighted by atomic mass is 10.1. The zero-order valence-electron chi connectivity index (χ0n) is 11.1. The van der Waals surface area contributed by atoms with Crippen LogP contribution in [-0.2, 0) is 9.53 Å². The molecule has 0 aliphatic carbocycles. The van der Waals surface area contributed by atoms with Gasteiger partial charge in [-0.25, -0.2) is 9.18 Å². The highest BCUT2D eigenvalue weighted by Crippen LogP contribution is 2.29. The summed E-state index contributed by atoms with van der Waals surface area (Å²) < 4.78 is 18.5. The van der Waals surface area contributed by atoms with Crippen LogP contribution in [0.1, 0.15) is 11.6 Å². The van der Waals surface area contributed by atoms with Gasteiger partial charge in [0.15, 0.2) is 6.04 Å². The highest BCUT2D eigenvalue weighted by Gasteiger charge is 2.23. The van der Waals surface area contributed by atoms with Crippen molar-refractivity contribution in [2.24, 2.45) is 0 Å². The summed E-state index contributed by atoms with van der Waals surface area (Å²) in [5.74, 6) is -0.876. The molecule has 0 amide bonds. The fourth-order valence-electron chi connectivity index (χ4n) is 1.86. The second-order valence-corrected chi connectivity index (χ2v) is 5.57. The quantitative estimate of drug-likeness (QED) is 0.799. The van der Waals surface area contributed by atoms with Crippen LogP contribution in [0.2, 0.25) is 5.02 Å². The van der Waals surface area contributed by atoms with Crippen molar-refractivity contribution in [2.45, 2.75) is 6.04 Å². The standard InChI is InChI=1S/C15H12BrClFNO2/c1-21-15(20)14(12-6-5-10(18)8-13(12)16)19-11-4-2-3-9(17)7-11/h2-8,14,19H,1H3. The second-order valence-electron chi connectivity index (χ2n) is 4.28. The van der Waals surface area contributed by atoms with Crippen LogP contribution in [0.15, 0.2) is 46.9 Å². The van der Waals surface area contributed by atoms with Gasteiger partial charge in [-0.1, -0.05) is 39.7 Å². The maximum atomic E-state index is 13.2. The van der Waals surface area contributed by atoms with Crippen molar-refractivity contribution in [1.29, 1.82) is 0 Å². The van der Waals surface area contributed by atoms with E-state index in [1.807, 2.05) is 0 Å². The van der Waals surface area contributed by atoms with Crippen molar-refractivity contribution in [3.05, 3.63) is 63.3 Å². The number of halogens is 3. The van der Waals surface area contributed by atoms with Crippen LogP contribution >= 0.6 is 27.5 Å². The highest BCUT2D eigenvalue weighted by molar-refractivity contribution is 9.10. The summed E-state index contributed by atoms with van der Waals surface area (Å²) in [5.41, 5.74) is 1.23. The number of rotatable bonds is 4. The van der Waals surface area contributed by atoms with Gasteiger partial charge >= 0.3 is 5.97 Å². The van der Waals surface area contributed by atoms with Gasteiger partial charge in [-0.15, -0.1) is 0 Å². The van der Waals surface area contributed by atoms with Crippen molar-refractivity contribution in [2.75, 3.05) is 12.4 Å². The molecular formula is C15H12BrClFNO2. The van der Waals surface area contributed by atoms with Crippen molar-refractivity contribution in [1.82, 2.24) is 0 Å². The van der Waals surface area contributed by atoms with E-state index in [2.05, 4.69) is 21.2 Å². The maximum absolute atomic E-state index is 13.2. The lowest BCUT2D eigenvalue weighted by molar-refractivity contribution is -0.141. The number of esters is 1. The summed E-state index contributed by atoms with van der Waals surface area (Å²) in [4.78, 5) is 12.0. The molecule has 2 aromatic rings. The van der Waals surface area contributed by atoms with Gasteiger partial charge in [0.2, 0.25) is 0 Å². The second kappa shape index (κ2) is 6.91. The van der Waals surface area contributed by atoms with Crippen molar-refractivity contribution < 1.29 is 13.9 Å². The fourth-order valence-corrected chi connectivity index (χ4v) is 2.63. The van der Waals surface area contributed by atoms with Gasteiger partial charge in [0, 0.05) is 15.2 Å². The Morgan fingerprint density at radius 1 is 1.33 bits per heavy atom. The number of hydrogen-bond acceptors (Lipinski definition) is 3. The smallest absolute Gasteiger partial charge is 0.333 e. The summed E-state index contributed by atoms with van der Waals surface area (Å²) in [6.07, 6.45) is 0. The van der Waals surface area contributed by atoms with Gasteiger partial charge < -0.3 is 10.1 Å². The van der Waals surface area contributed by atoms with E-state index in [0.29, 0.717) is 20.7 Å². The lowest BCUT2D eigenvalue weighted by Gasteiger charge is -2.19. The Bertz CT molecular complexity index is 666. The lowest BCUT2D eigenvalue weighted by Crippen LogP contribution is -2.22. The monoisotopic (exact) mass is 371 g/mol.